The molecule has 0 bridgehead atoms. The molecule has 2 aliphatic rings. The highest BCUT2D eigenvalue weighted by Crippen LogP contribution is 2.15. The van der Waals surface area contributed by atoms with Crippen LogP contribution in [-0.2, 0) is 4.74 Å². The molecule has 2 rings (SSSR count). The average Bonchev–Trinajstić information content (AvgIpc) is 2.53. The van der Waals surface area contributed by atoms with Crippen molar-refractivity contribution in [2.75, 3.05) is 26.7 Å². The topological polar surface area (TPSA) is 24.5 Å². The fourth-order valence-electron chi connectivity index (χ4n) is 1.71. The zero-order valence-corrected chi connectivity index (χ0v) is 7.99. The molecule has 0 aromatic heterocycles. The zero-order chi connectivity index (χ0) is 9.10. The Bertz CT molecular complexity index is 235. The molecule has 0 spiro atoms. The van der Waals surface area contributed by atoms with Crippen molar-refractivity contribution < 1.29 is 4.74 Å². The van der Waals surface area contributed by atoms with Gasteiger partial charge < -0.3 is 15.0 Å². The summed E-state index contributed by atoms with van der Waals surface area (Å²) in [5.41, 5.74) is 0. The van der Waals surface area contributed by atoms with Gasteiger partial charge in [-0.15, -0.1) is 0 Å². The van der Waals surface area contributed by atoms with Crippen LogP contribution in [0.5, 0.6) is 0 Å². The number of nitrogens with zero attached hydrogens (tertiary/aromatic N) is 1. The maximum absolute atomic E-state index is 5.79. The minimum atomic E-state index is 0.376. The first kappa shape index (κ1) is 8.63. The summed E-state index contributed by atoms with van der Waals surface area (Å²) in [5.74, 6) is 0.964. The standard InChI is InChI=1S/C10H16N2O/c1-12-6-4-10(8-12)13-9-3-2-5-11-7-9/h2-3,7,10-11H,4-6,8H2,1H3. The van der Waals surface area contributed by atoms with Crippen LogP contribution in [0.15, 0.2) is 24.1 Å². The summed E-state index contributed by atoms with van der Waals surface area (Å²) in [4.78, 5) is 2.30. The van der Waals surface area contributed by atoms with E-state index < -0.39 is 0 Å². The molecule has 1 atom stereocenters. The fourth-order valence-corrected chi connectivity index (χ4v) is 1.71. The van der Waals surface area contributed by atoms with E-state index in [1.165, 1.54) is 0 Å². The average molecular weight is 180 g/mol. The summed E-state index contributed by atoms with van der Waals surface area (Å²) in [6.07, 6.45) is 7.57. The van der Waals surface area contributed by atoms with Crippen molar-refractivity contribution in [2.45, 2.75) is 12.5 Å². The van der Waals surface area contributed by atoms with Gasteiger partial charge in [0.25, 0.3) is 0 Å². The molecular weight excluding hydrogens is 164 g/mol. The van der Waals surface area contributed by atoms with Crippen LogP contribution in [-0.4, -0.2) is 37.7 Å². The molecule has 72 valence electrons. The quantitative estimate of drug-likeness (QED) is 0.677. The third-order valence-electron chi connectivity index (χ3n) is 2.41. The third kappa shape index (κ3) is 2.25. The second-order valence-electron chi connectivity index (χ2n) is 3.65. The summed E-state index contributed by atoms with van der Waals surface area (Å²) in [6.45, 7) is 3.11. The second kappa shape index (κ2) is 3.83. The van der Waals surface area contributed by atoms with Gasteiger partial charge in [0.2, 0.25) is 0 Å². The largest absolute Gasteiger partial charge is 0.488 e. The molecule has 3 nitrogen and oxygen atoms in total. The molecule has 1 saturated heterocycles. The highest BCUT2D eigenvalue weighted by molar-refractivity contribution is 5.16. The maximum atomic E-state index is 5.79. The van der Waals surface area contributed by atoms with E-state index in [0.29, 0.717) is 6.10 Å². The number of allylic oxidation sites excluding steroid dienone is 1. The lowest BCUT2D eigenvalue weighted by Crippen LogP contribution is -2.20. The first-order chi connectivity index (χ1) is 6.34. The molecule has 0 radical (unpaired) electrons. The molecular formula is C10H16N2O. The number of hydrogen-bond acceptors (Lipinski definition) is 3. The zero-order valence-electron chi connectivity index (χ0n) is 7.99. The predicted molar refractivity (Wildman–Crippen MR) is 52.2 cm³/mol. The Morgan fingerprint density at radius 1 is 1.62 bits per heavy atom. The number of hydrogen-bond donors (Lipinski definition) is 1. The van der Waals surface area contributed by atoms with Crippen LogP contribution < -0.4 is 5.32 Å². The fraction of sp³-hybridized carbons (Fsp3) is 0.600. The summed E-state index contributed by atoms with van der Waals surface area (Å²) in [7, 11) is 2.13. The number of likely N-dealkylation sites (N-methyl/N-ethyl adjacent to an activating group) is 1. The molecule has 0 aliphatic carbocycles. The van der Waals surface area contributed by atoms with Crippen LogP contribution >= 0.6 is 0 Å². The Morgan fingerprint density at radius 3 is 3.15 bits per heavy atom. The minimum Gasteiger partial charge on any atom is -0.488 e. The van der Waals surface area contributed by atoms with Crippen molar-refractivity contribution in [1.82, 2.24) is 10.2 Å². The molecule has 2 heterocycles. The first-order valence-corrected chi connectivity index (χ1v) is 4.80. The van der Waals surface area contributed by atoms with E-state index in [4.69, 9.17) is 4.74 Å². The highest BCUT2D eigenvalue weighted by atomic mass is 16.5. The normalized spacial score (nSPS) is 28.4. The lowest BCUT2D eigenvalue weighted by atomic mass is 10.3. The van der Waals surface area contributed by atoms with Gasteiger partial charge in [-0.3, -0.25) is 0 Å². The van der Waals surface area contributed by atoms with Crippen LogP contribution in [0.1, 0.15) is 6.42 Å². The number of ether oxygens (including phenoxy) is 1. The Morgan fingerprint density at radius 2 is 2.54 bits per heavy atom. The van der Waals surface area contributed by atoms with E-state index >= 15 is 0 Å². The van der Waals surface area contributed by atoms with Gasteiger partial charge in [-0.1, -0.05) is 6.08 Å². The Kier molecular flexibility index (Phi) is 2.54. The molecule has 1 N–H and O–H groups in total. The molecule has 2 aliphatic heterocycles. The summed E-state index contributed by atoms with van der Waals surface area (Å²) < 4.78 is 5.79. The van der Waals surface area contributed by atoms with Crippen molar-refractivity contribution in [2.24, 2.45) is 0 Å². The van der Waals surface area contributed by atoms with Crippen LogP contribution in [0, 0.1) is 0 Å². The van der Waals surface area contributed by atoms with Gasteiger partial charge in [0, 0.05) is 25.8 Å². The van der Waals surface area contributed by atoms with Crippen LogP contribution in [0.4, 0.5) is 0 Å². The Hall–Kier alpha value is -0.960. The first-order valence-electron chi connectivity index (χ1n) is 4.80. The monoisotopic (exact) mass is 180 g/mol. The van der Waals surface area contributed by atoms with E-state index in [1.807, 2.05) is 12.3 Å². The summed E-state index contributed by atoms with van der Waals surface area (Å²) in [5, 5.41) is 3.13. The molecule has 0 aromatic carbocycles. The van der Waals surface area contributed by atoms with E-state index in [0.717, 1.165) is 31.8 Å². The molecule has 1 fully saturated rings. The van der Waals surface area contributed by atoms with Gasteiger partial charge in [-0.05, 0) is 19.5 Å². The minimum absolute atomic E-state index is 0.376. The van der Waals surface area contributed by atoms with Crippen LogP contribution in [0.2, 0.25) is 0 Å². The molecule has 1 unspecified atom stereocenters. The van der Waals surface area contributed by atoms with Crippen molar-refractivity contribution in [3.05, 3.63) is 24.1 Å². The molecule has 0 saturated carbocycles. The van der Waals surface area contributed by atoms with Crippen molar-refractivity contribution >= 4 is 0 Å². The number of nitrogens with one attached hydrogen (secondary N) is 1. The molecule has 0 aromatic rings. The number of rotatable bonds is 2. The molecule has 13 heavy (non-hydrogen) atoms. The summed E-state index contributed by atoms with van der Waals surface area (Å²) >= 11 is 0. The van der Waals surface area contributed by atoms with Gasteiger partial charge in [-0.25, -0.2) is 0 Å². The molecule has 3 heteroatoms. The van der Waals surface area contributed by atoms with Gasteiger partial charge >= 0.3 is 0 Å². The predicted octanol–water partition coefficient (Wildman–Crippen LogP) is 0.708. The van der Waals surface area contributed by atoms with E-state index in [-0.39, 0.29) is 0 Å². The van der Waals surface area contributed by atoms with Gasteiger partial charge in [0.05, 0.1) is 0 Å². The Balaban J connectivity index is 1.84. The maximum Gasteiger partial charge on any atom is 0.135 e. The SMILES string of the molecule is CN1CCC(OC2=CNCC=C2)C1. The lowest BCUT2D eigenvalue weighted by Gasteiger charge is -2.16. The smallest absolute Gasteiger partial charge is 0.135 e. The molecule has 0 amide bonds. The van der Waals surface area contributed by atoms with Crippen molar-refractivity contribution in [3.63, 3.8) is 0 Å². The third-order valence-corrected chi connectivity index (χ3v) is 2.41. The van der Waals surface area contributed by atoms with Gasteiger partial charge in [-0.2, -0.15) is 0 Å². The van der Waals surface area contributed by atoms with Gasteiger partial charge in [0.15, 0.2) is 0 Å². The number of dihydropyridines is 1. The highest BCUT2D eigenvalue weighted by Gasteiger charge is 2.21. The van der Waals surface area contributed by atoms with E-state index in [9.17, 15) is 0 Å². The van der Waals surface area contributed by atoms with E-state index in [1.54, 1.807) is 0 Å². The van der Waals surface area contributed by atoms with E-state index in [2.05, 4.69) is 23.3 Å². The second-order valence-corrected chi connectivity index (χ2v) is 3.65. The van der Waals surface area contributed by atoms with Crippen LogP contribution in [0.25, 0.3) is 0 Å². The Labute approximate surface area is 79.1 Å². The van der Waals surface area contributed by atoms with Crippen molar-refractivity contribution in [3.8, 4) is 0 Å². The van der Waals surface area contributed by atoms with Crippen LogP contribution in [0.3, 0.4) is 0 Å². The lowest BCUT2D eigenvalue weighted by molar-refractivity contribution is 0.131. The number of likely N-dealkylation sites (tertiary alicyclic amines) is 1. The van der Waals surface area contributed by atoms with Crippen molar-refractivity contribution in [1.29, 1.82) is 0 Å². The van der Waals surface area contributed by atoms with Gasteiger partial charge in [0.1, 0.15) is 11.9 Å². The summed E-state index contributed by atoms with van der Waals surface area (Å²) in [6, 6.07) is 0.